The van der Waals surface area contributed by atoms with Gasteiger partial charge in [0.1, 0.15) is 18.0 Å². The first kappa shape index (κ1) is 19.8. The Balaban J connectivity index is 1.44. The Morgan fingerprint density at radius 1 is 1.25 bits per heavy atom. The van der Waals surface area contributed by atoms with Crippen LogP contribution in [0.15, 0.2) is 42.7 Å². The van der Waals surface area contributed by atoms with Gasteiger partial charge in [-0.1, -0.05) is 12.1 Å². The van der Waals surface area contributed by atoms with Crippen LogP contribution < -0.4 is 20.7 Å². The second kappa shape index (κ2) is 9.86. The first-order valence-corrected chi connectivity index (χ1v) is 9.15. The van der Waals surface area contributed by atoms with Crippen LogP contribution in [0.1, 0.15) is 5.56 Å². The molecule has 1 aliphatic heterocycles. The van der Waals surface area contributed by atoms with Crippen LogP contribution in [0.5, 0.6) is 5.75 Å². The fraction of sp³-hybridized carbons (Fsp3) is 0.421. The van der Waals surface area contributed by atoms with E-state index in [1.807, 2.05) is 24.3 Å². The zero-order valence-corrected chi connectivity index (χ0v) is 15.7. The van der Waals surface area contributed by atoms with Crippen molar-refractivity contribution in [2.75, 3.05) is 32.1 Å². The van der Waals surface area contributed by atoms with Crippen molar-refractivity contribution < 1.29 is 19.4 Å². The lowest BCUT2D eigenvalue weighted by Crippen LogP contribution is -2.42. The molecule has 9 heteroatoms. The minimum atomic E-state index is -0.746. The molecule has 9 nitrogen and oxygen atoms in total. The van der Waals surface area contributed by atoms with E-state index in [9.17, 15) is 9.90 Å². The highest BCUT2D eigenvalue weighted by molar-refractivity contribution is 5.67. The average Bonchev–Trinajstić information content (AvgIpc) is 3.06. The van der Waals surface area contributed by atoms with Gasteiger partial charge in [-0.2, -0.15) is 0 Å². The number of nitrogens with zero attached hydrogens (tertiary/aromatic N) is 2. The average molecular weight is 387 g/mol. The lowest BCUT2D eigenvalue weighted by Gasteiger charge is -2.22. The number of hydrogen-bond donors (Lipinski definition) is 4. The van der Waals surface area contributed by atoms with Crippen LogP contribution in [0.2, 0.25) is 0 Å². The molecule has 1 fully saturated rings. The molecule has 3 atom stereocenters. The number of anilines is 1. The Hall–Kier alpha value is -2.91. The summed E-state index contributed by atoms with van der Waals surface area (Å²) >= 11 is 0. The number of aromatic nitrogens is 2. The molecule has 2 heterocycles. The molecule has 1 saturated heterocycles. The molecular weight excluding hydrogens is 362 g/mol. The molecule has 1 unspecified atom stereocenters. The van der Waals surface area contributed by atoms with Gasteiger partial charge >= 0.3 is 6.09 Å². The van der Waals surface area contributed by atoms with Gasteiger partial charge in [0, 0.05) is 32.0 Å². The summed E-state index contributed by atoms with van der Waals surface area (Å²) in [6, 6.07) is 9.24. The van der Waals surface area contributed by atoms with Gasteiger partial charge in [0.05, 0.1) is 13.2 Å². The molecule has 0 radical (unpaired) electrons. The topological polar surface area (TPSA) is 118 Å². The van der Waals surface area contributed by atoms with Crippen molar-refractivity contribution in [1.29, 1.82) is 0 Å². The number of rotatable bonds is 8. The predicted octanol–water partition coefficient (Wildman–Crippen LogP) is 0.567. The van der Waals surface area contributed by atoms with Gasteiger partial charge in [-0.25, -0.2) is 14.8 Å². The SMILES string of the molecule is COc1ccc(C[C@H]2NCC(O)[C@H]2OC(=O)NCCNc2ncccn2)cc1. The molecule has 150 valence electrons. The van der Waals surface area contributed by atoms with Crippen molar-refractivity contribution in [3.8, 4) is 5.75 Å². The van der Waals surface area contributed by atoms with Crippen LogP contribution in [0.3, 0.4) is 0 Å². The molecule has 1 aliphatic rings. The molecule has 3 rings (SSSR count). The largest absolute Gasteiger partial charge is 0.497 e. The van der Waals surface area contributed by atoms with E-state index in [-0.39, 0.29) is 6.04 Å². The number of methoxy groups -OCH3 is 1. The van der Waals surface area contributed by atoms with Crippen molar-refractivity contribution in [3.05, 3.63) is 48.3 Å². The number of β-amino-alcohol motifs (C(OH)–C–C–N with tert-alkyl or cyclic N) is 1. The van der Waals surface area contributed by atoms with Crippen LogP contribution in [0, 0.1) is 0 Å². The van der Waals surface area contributed by atoms with Crippen LogP contribution in [0.4, 0.5) is 10.7 Å². The Morgan fingerprint density at radius 2 is 2.00 bits per heavy atom. The normalized spacial score (nSPS) is 21.1. The fourth-order valence-electron chi connectivity index (χ4n) is 3.03. The molecule has 2 aromatic rings. The van der Waals surface area contributed by atoms with E-state index < -0.39 is 18.3 Å². The first-order chi connectivity index (χ1) is 13.7. The summed E-state index contributed by atoms with van der Waals surface area (Å²) in [6.07, 6.45) is 1.97. The first-order valence-electron chi connectivity index (χ1n) is 9.15. The molecule has 4 N–H and O–H groups in total. The van der Waals surface area contributed by atoms with E-state index in [0.717, 1.165) is 11.3 Å². The van der Waals surface area contributed by atoms with E-state index in [1.165, 1.54) is 0 Å². The number of amides is 1. The molecule has 0 aliphatic carbocycles. The van der Waals surface area contributed by atoms with Crippen LogP contribution in [-0.2, 0) is 11.2 Å². The number of carbonyl (C=O) groups excluding carboxylic acids is 1. The van der Waals surface area contributed by atoms with Gasteiger partial charge in [-0.3, -0.25) is 0 Å². The predicted molar refractivity (Wildman–Crippen MR) is 103 cm³/mol. The quantitative estimate of drug-likeness (QED) is 0.486. The number of aliphatic hydroxyl groups excluding tert-OH is 1. The summed E-state index contributed by atoms with van der Waals surface area (Å²) in [4.78, 5) is 20.2. The lowest BCUT2D eigenvalue weighted by molar-refractivity contribution is 0.0191. The van der Waals surface area contributed by atoms with Crippen molar-refractivity contribution in [3.63, 3.8) is 0 Å². The second-order valence-electron chi connectivity index (χ2n) is 6.43. The standard InChI is InChI=1S/C19H25N5O4/c1-27-14-5-3-13(4-6-14)11-15-17(16(25)12-24-15)28-19(26)23-10-9-22-18-20-7-2-8-21-18/h2-8,15-17,24-25H,9-12H2,1H3,(H,23,26)(H,20,21,22)/t15-,16?,17+/m1/s1. The molecule has 0 spiro atoms. The minimum absolute atomic E-state index is 0.162. The Kier molecular flexibility index (Phi) is 6.99. The van der Waals surface area contributed by atoms with Crippen molar-refractivity contribution in [1.82, 2.24) is 20.6 Å². The van der Waals surface area contributed by atoms with E-state index in [1.54, 1.807) is 25.6 Å². The number of nitrogens with one attached hydrogen (secondary N) is 3. The van der Waals surface area contributed by atoms with Crippen molar-refractivity contribution >= 4 is 12.0 Å². The van der Waals surface area contributed by atoms with Gasteiger partial charge < -0.3 is 30.5 Å². The number of benzene rings is 1. The third-order valence-electron chi connectivity index (χ3n) is 4.47. The third-order valence-corrected chi connectivity index (χ3v) is 4.47. The van der Waals surface area contributed by atoms with Crippen LogP contribution in [-0.4, -0.2) is 66.2 Å². The van der Waals surface area contributed by atoms with Gasteiger partial charge in [-0.15, -0.1) is 0 Å². The smallest absolute Gasteiger partial charge is 0.407 e. The monoisotopic (exact) mass is 387 g/mol. The maximum absolute atomic E-state index is 12.1. The summed E-state index contributed by atoms with van der Waals surface area (Å²) in [5.74, 6) is 1.28. The number of aliphatic hydroxyl groups is 1. The molecule has 28 heavy (non-hydrogen) atoms. The molecular formula is C19H25N5O4. The van der Waals surface area contributed by atoms with Crippen molar-refractivity contribution in [2.45, 2.75) is 24.7 Å². The van der Waals surface area contributed by atoms with Crippen LogP contribution >= 0.6 is 0 Å². The van der Waals surface area contributed by atoms with E-state index in [2.05, 4.69) is 25.9 Å². The second-order valence-corrected chi connectivity index (χ2v) is 6.43. The fourth-order valence-corrected chi connectivity index (χ4v) is 3.03. The summed E-state index contributed by atoms with van der Waals surface area (Å²) in [5.41, 5.74) is 1.06. The lowest BCUT2D eigenvalue weighted by atomic mass is 10.0. The zero-order chi connectivity index (χ0) is 19.8. The number of ether oxygens (including phenoxy) is 2. The molecule has 0 saturated carbocycles. The molecule has 1 aromatic carbocycles. The summed E-state index contributed by atoms with van der Waals surface area (Å²) in [7, 11) is 1.62. The number of hydrogen-bond acceptors (Lipinski definition) is 8. The maximum atomic E-state index is 12.1. The Bertz CT molecular complexity index is 744. The zero-order valence-electron chi connectivity index (χ0n) is 15.7. The third kappa shape index (κ3) is 5.54. The van der Waals surface area contributed by atoms with E-state index in [0.29, 0.717) is 32.0 Å². The number of carbonyl (C=O) groups is 1. The van der Waals surface area contributed by atoms with Gasteiger partial charge in [0.25, 0.3) is 0 Å². The van der Waals surface area contributed by atoms with Gasteiger partial charge in [0.2, 0.25) is 5.95 Å². The summed E-state index contributed by atoms with van der Waals surface area (Å²) < 4.78 is 10.6. The summed E-state index contributed by atoms with van der Waals surface area (Å²) in [6.45, 7) is 1.18. The number of alkyl carbamates (subject to hydrolysis) is 1. The minimum Gasteiger partial charge on any atom is -0.497 e. The van der Waals surface area contributed by atoms with Gasteiger partial charge in [-0.05, 0) is 30.2 Å². The van der Waals surface area contributed by atoms with Crippen molar-refractivity contribution in [2.24, 2.45) is 0 Å². The molecule has 1 amide bonds. The Labute approximate surface area is 163 Å². The van der Waals surface area contributed by atoms with Gasteiger partial charge in [0.15, 0.2) is 0 Å². The van der Waals surface area contributed by atoms with Crippen LogP contribution in [0.25, 0.3) is 0 Å². The highest BCUT2D eigenvalue weighted by Gasteiger charge is 2.37. The van der Waals surface area contributed by atoms with E-state index >= 15 is 0 Å². The molecule has 0 bridgehead atoms. The highest BCUT2D eigenvalue weighted by Crippen LogP contribution is 2.19. The maximum Gasteiger partial charge on any atom is 0.407 e. The highest BCUT2D eigenvalue weighted by atomic mass is 16.6. The van der Waals surface area contributed by atoms with E-state index in [4.69, 9.17) is 9.47 Å². The Morgan fingerprint density at radius 3 is 2.71 bits per heavy atom. The summed E-state index contributed by atoms with van der Waals surface area (Å²) in [5, 5.41) is 19.0. The molecule has 1 aromatic heterocycles.